The van der Waals surface area contributed by atoms with Crippen LogP contribution < -0.4 is 5.76 Å². The Kier molecular flexibility index (Phi) is 6.20. The van der Waals surface area contributed by atoms with Gasteiger partial charge in [0.05, 0.1) is 16.7 Å². The number of oxazole rings is 1. The van der Waals surface area contributed by atoms with Crippen molar-refractivity contribution >= 4 is 10.0 Å². The van der Waals surface area contributed by atoms with E-state index in [0.29, 0.717) is 24.1 Å². The Morgan fingerprint density at radius 3 is 2.41 bits per heavy atom. The summed E-state index contributed by atoms with van der Waals surface area (Å²) in [6.45, 7) is 4.64. The maximum Gasteiger partial charge on any atom is 0.416 e. The molecule has 1 saturated carbocycles. The van der Waals surface area contributed by atoms with Crippen molar-refractivity contribution in [1.29, 1.82) is 0 Å². The number of hydrogen-bond acceptors (Lipinski definition) is 5. The maximum atomic E-state index is 15.7. The van der Waals surface area contributed by atoms with Gasteiger partial charge in [0.25, 0.3) is 0 Å². The highest BCUT2D eigenvalue weighted by atomic mass is 32.2. The Labute approximate surface area is 214 Å². The molecule has 1 aliphatic carbocycles. The number of hydrogen-bond donors (Lipinski definition) is 2. The van der Waals surface area contributed by atoms with Gasteiger partial charge in [-0.05, 0) is 64.2 Å². The Morgan fingerprint density at radius 2 is 1.81 bits per heavy atom. The average Bonchev–Trinajstić information content (AvgIpc) is 3.15. The Balaban J connectivity index is 1.51. The summed E-state index contributed by atoms with van der Waals surface area (Å²) in [6, 6.07) is 10.6. The van der Waals surface area contributed by atoms with Crippen LogP contribution in [0.2, 0.25) is 0 Å². The summed E-state index contributed by atoms with van der Waals surface area (Å²) in [6.07, 6.45) is 1.11. The van der Waals surface area contributed by atoms with E-state index in [1.165, 1.54) is 4.31 Å². The van der Waals surface area contributed by atoms with Crippen molar-refractivity contribution in [3.63, 3.8) is 0 Å². The van der Waals surface area contributed by atoms with Crippen LogP contribution in [0.4, 0.5) is 8.78 Å². The first-order valence-corrected chi connectivity index (χ1v) is 13.8. The summed E-state index contributed by atoms with van der Waals surface area (Å²) in [5.41, 5.74) is -1.44. The Hall–Kier alpha value is -2.82. The summed E-state index contributed by atoms with van der Waals surface area (Å²) in [5.74, 6) is -2.07. The summed E-state index contributed by atoms with van der Waals surface area (Å²) in [7, 11) is -3.83. The summed E-state index contributed by atoms with van der Waals surface area (Å²) >= 11 is 0. The molecule has 0 amide bonds. The monoisotopic (exact) mass is 532 g/mol. The number of sulfonamides is 1. The molecule has 0 unspecified atom stereocenters. The summed E-state index contributed by atoms with van der Waals surface area (Å²) < 4.78 is 64.8. The minimum atomic E-state index is -3.83. The molecule has 1 saturated heterocycles. The molecule has 0 spiro atoms. The third-order valence-electron chi connectivity index (χ3n) is 7.80. The van der Waals surface area contributed by atoms with Gasteiger partial charge in [0.1, 0.15) is 22.6 Å². The van der Waals surface area contributed by atoms with Crippen LogP contribution in [0.15, 0.2) is 51.7 Å². The SMILES string of the molecule is Cc1[nH]c(=O)oc1[C@]1(c2cc(F)c(CN3[C@@H](C)CC[C@H](c4ccccc4)S3(=O)=O)cc2F)C[C@@](C)(O)C1. The molecule has 3 aromatic rings. The van der Waals surface area contributed by atoms with Crippen molar-refractivity contribution in [3.8, 4) is 0 Å². The predicted molar refractivity (Wildman–Crippen MR) is 133 cm³/mol. The van der Waals surface area contributed by atoms with Crippen molar-refractivity contribution in [1.82, 2.24) is 9.29 Å². The van der Waals surface area contributed by atoms with Crippen LogP contribution in [0.25, 0.3) is 0 Å². The molecular formula is C27H30F2N2O5S. The van der Waals surface area contributed by atoms with Crippen molar-refractivity contribution in [3.05, 3.63) is 92.8 Å². The topological polar surface area (TPSA) is 104 Å². The van der Waals surface area contributed by atoms with Crippen LogP contribution in [0.3, 0.4) is 0 Å². The molecule has 2 aromatic carbocycles. The molecule has 1 aliphatic heterocycles. The van der Waals surface area contributed by atoms with E-state index in [-0.39, 0.29) is 42.3 Å². The fraction of sp³-hybridized carbons (Fsp3) is 0.444. The summed E-state index contributed by atoms with van der Waals surface area (Å²) in [5, 5.41) is 9.73. The van der Waals surface area contributed by atoms with Crippen LogP contribution in [-0.4, -0.2) is 34.5 Å². The fourth-order valence-corrected chi connectivity index (χ4v) is 8.37. The number of aryl methyl sites for hydroxylation is 1. The van der Waals surface area contributed by atoms with Crippen molar-refractivity contribution in [2.45, 2.75) is 75.3 Å². The minimum absolute atomic E-state index is 0.0354. The van der Waals surface area contributed by atoms with E-state index in [1.54, 1.807) is 45.0 Å². The lowest BCUT2D eigenvalue weighted by atomic mass is 9.55. The lowest BCUT2D eigenvalue weighted by Crippen LogP contribution is -2.54. The molecule has 10 heteroatoms. The van der Waals surface area contributed by atoms with Gasteiger partial charge in [0.2, 0.25) is 10.0 Å². The highest BCUT2D eigenvalue weighted by Gasteiger charge is 2.57. The Morgan fingerprint density at radius 1 is 1.14 bits per heavy atom. The predicted octanol–water partition coefficient (Wildman–Crippen LogP) is 4.44. The molecule has 2 aliphatic rings. The highest BCUT2D eigenvalue weighted by molar-refractivity contribution is 7.89. The zero-order valence-corrected chi connectivity index (χ0v) is 21.7. The molecule has 2 atom stereocenters. The molecule has 0 radical (unpaired) electrons. The number of nitrogens with zero attached hydrogens (tertiary/aromatic N) is 1. The van der Waals surface area contributed by atoms with Crippen LogP contribution in [0.1, 0.15) is 72.9 Å². The molecule has 2 fully saturated rings. The second-order valence-electron chi connectivity index (χ2n) is 10.7. The molecule has 198 valence electrons. The maximum absolute atomic E-state index is 15.7. The second-order valence-corrected chi connectivity index (χ2v) is 12.8. The number of aliphatic hydroxyl groups is 1. The van der Waals surface area contributed by atoms with E-state index in [4.69, 9.17) is 4.42 Å². The van der Waals surface area contributed by atoms with Crippen LogP contribution in [-0.2, 0) is 22.0 Å². The third-order valence-corrected chi connectivity index (χ3v) is 10.2. The zero-order valence-electron chi connectivity index (χ0n) is 20.9. The minimum Gasteiger partial charge on any atom is -0.412 e. The van der Waals surface area contributed by atoms with Crippen molar-refractivity contribution in [2.24, 2.45) is 0 Å². The molecule has 1 aromatic heterocycles. The van der Waals surface area contributed by atoms with E-state index in [1.807, 2.05) is 6.07 Å². The molecule has 7 nitrogen and oxygen atoms in total. The van der Waals surface area contributed by atoms with E-state index in [2.05, 4.69) is 4.98 Å². The Bertz CT molecular complexity index is 1490. The van der Waals surface area contributed by atoms with Crippen molar-refractivity contribution in [2.75, 3.05) is 0 Å². The van der Waals surface area contributed by atoms with Crippen LogP contribution in [0.5, 0.6) is 0 Å². The third kappa shape index (κ3) is 4.34. The number of H-pyrrole nitrogens is 1. The molecule has 0 bridgehead atoms. The van der Waals surface area contributed by atoms with Gasteiger partial charge in [0.15, 0.2) is 0 Å². The van der Waals surface area contributed by atoms with Gasteiger partial charge in [-0.25, -0.2) is 22.0 Å². The first kappa shape index (κ1) is 25.8. The first-order chi connectivity index (χ1) is 17.3. The molecule has 2 N–H and O–H groups in total. The van der Waals surface area contributed by atoms with Gasteiger partial charge in [0, 0.05) is 23.7 Å². The molecule has 2 heterocycles. The first-order valence-electron chi connectivity index (χ1n) is 12.3. The fourth-order valence-electron chi connectivity index (χ4n) is 6.18. The van der Waals surface area contributed by atoms with Gasteiger partial charge < -0.3 is 9.52 Å². The number of nitrogens with one attached hydrogen (secondary N) is 1. The quantitative estimate of drug-likeness (QED) is 0.506. The normalized spacial score (nSPS) is 29.7. The van der Waals surface area contributed by atoms with Gasteiger partial charge in [-0.3, -0.25) is 4.98 Å². The smallest absolute Gasteiger partial charge is 0.412 e. The number of benzene rings is 2. The van der Waals surface area contributed by atoms with Gasteiger partial charge in [-0.2, -0.15) is 4.31 Å². The number of aromatic nitrogens is 1. The second kappa shape index (κ2) is 8.89. The molecule has 5 rings (SSSR count). The number of halogens is 2. The number of rotatable bonds is 5. The largest absolute Gasteiger partial charge is 0.416 e. The van der Waals surface area contributed by atoms with E-state index >= 15 is 8.78 Å². The number of aromatic amines is 1. The van der Waals surface area contributed by atoms with E-state index < -0.39 is 43.7 Å². The average molecular weight is 533 g/mol. The standard InChI is InChI=1S/C27H30F2N2O5S/c1-16-9-10-23(18-7-5-4-6-8-18)37(34,35)31(16)13-19-11-22(29)20(12-21(19)28)27(14-26(3,33)15-27)24-17(2)30-25(32)36-24/h4-8,11-12,16,23,33H,9-10,13-15H2,1-3H3,(H,30,32)/t16-,23+,26-,27-/m0/s1. The highest BCUT2D eigenvalue weighted by Crippen LogP contribution is 2.55. The molecule has 37 heavy (non-hydrogen) atoms. The van der Waals surface area contributed by atoms with Crippen LogP contribution >= 0.6 is 0 Å². The zero-order chi connectivity index (χ0) is 26.8. The van der Waals surface area contributed by atoms with Gasteiger partial charge in [-0.1, -0.05) is 30.3 Å². The van der Waals surface area contributed by atoms with Crippen LogP contribution in [0, 0.1) is 18.6 Å². The lowest BCUT2D eigenvalue weighted by Gasteiger charge is -2.51. The summed E-state index contributed by atoms with van der Waals surface area (Å²) in [4.78, 5) is 14.3. The van der Waals surface area contributed by atoms with E-state index in [0.717, 1.165) is 12.1 Å². The van der Waals surface area contributed by atoms with Gasteiger partial charge >= 0.3 is 5.76 Å². The van der Waals surface area contributed by atoms with Crippen molar-refractivity contribution < 1.29 is 26.7 Å². The van der Waals surface area contributed by atoms with E-state index in [9.17, 15) is 18.3 Å². The molecular weight excluding hydrogens is 502 g/mol. The lowest BCUT2D eigenvalue weighted by molar-refractivity contribution is -0.0689. The van der Waals surface area contributed by atoms with Gasteiger partial charge in [-0.15, -0.1) is 0 Å².